The average Bonchev–Trinajstić information content (AvgIpc) is 2.99. The lowest BCUT2D eigenvalue weighted by Crippen LogP contribution is -2.15. The highest BCUT2D eigenvalue weighted by atomic mass is 32.1. The summed E-state index contributed by atoms with van der Waals surface area (Å²) >= 11 is 1.23. The molecule has 0 aliphatic carbocycles. The highest BCUT2D eigenvalue weighted by Gasteiger charge is 2.17. The summed E-state index contributed by atoms with van der Waals surface area (Å²) in [5, 5.41) is 18.8. The average molecular weight is 318 g/mol. The van der Waals surface area contributed by atoms with E-state index in [4.69, 9.17) is 5.11 Å². The molecule has 0 saturated heterocycles. The van der Waals surface area contributed by atoms with Crippen LogP contribution in [-0.4, -0.2) is 34.6 Å². The first-order valence-corrected chi connectivity index (χ1v) is 7.16. The number of nitrogens with zero attached hydrogens (tertiary/aromatic N) is 3. The molecule has 0 saturated carbocycles. The largest absolute Gasteiger partial charge is 0.476 e. The Morgan fingerprint density at radius 3 is 2.73 bits per heavy atom. The van der Waals surface area contributed by atoms with E-state index in [0.717, 1.165) is 11.3 Å². The van der Waals surface area contributed by atoms with Gasteiger partial charge in [0, 0.05) is 5.38 Å². The third kappa shape index (κ3) is 3.89. The fourth-order valence-corrected chi connectivity index (χ4v) is 2.23. The van der Waals surface area contributed by atoms with Gasteiger partial charge < -0.3 is 9.94 Å². The number of hydrazone groups is 1. The van der Waals surface area contributed by atoms with Crippen molar-refractivity contribution in [2.45, 2.75) is 6.92 Å². The highest BCUT2D eigenvalue weighted by Crippen LogP contribution is 2.16. The summed E-state index contributed by atoms with van der Waals surface area (Å²) in [6, 6.07) is 9.68. The summed E-state index contributed by atoms with van der Waals surface area (Å²) in [6.45, 7) is 1.87. The molecule has 0 bridgehead atoms. The lowest BCUT2D eigenvalue weighted by Gasteiger charge is -2.00. The Morgan fingerprint density at radius 2 is 2.09 bits per heavy atom. The molecule has 0 amide bonds. The van der Waals surface area contributed by atoms with E-state index in [1.54, 1.807) is 5.38 Å². The molecule has 0 unspecified atom stereocenters. The third-order valence-corrected chi connectivity index (χ3v) is 3.39. The molecule has 0 spiro atoms. The van der Waals surface area contributed by atoms with E-state index >= 15 is 0 Å². The monoisotopic (exact) mass is 318 g/mol. The number of carbonyl (C=O) groups is 1. The summed E-state index contributed by atoms with van der Waals surface area (Å²) < 4.78 is 0. The van der Waals surface area contributed by atoms with Crippen LogP contribution in [-0.2, 0) is 9.63 Å². The number of aromatic nitrogens is 1. The maximum atomic E-state index is 11.1. The molecule has 0 radical (unpaired) electrons. The zero-order valence-corrected chi connectivity index (χ0v) is 12.8. The van der Waals surface area contributed by atoms with Gasteiger partial charge in [-0.05, 0) is 12.5 Å². The van der Waals surface area contributed by atoms with E-state index in [1.807, 2.05) is 37.3 Å². The molecule has 22 heavy (non-hydrogen) atoms. The number of hydrogen-bond acceptors (Lipinski definition) is 7. The first-order chi connectivity index (χ1) is 10.6. The summed E-state index contributed by atoms with van der Waals surface area (Å²) in [5.74, 6) is -1.21. The number of benzene rings is 1. The Balaban J connectivity index is 2.13. The van der Waals surface area contributed by atoms with Gasteiger partial charge in [-0.1, -0.05) is 35.5 Å². The third-order valence-electron chi connectivity index (χ3n) is 2.64. The summed E-state index contributed by atoms with van der Waals surface area (Å²) in [6.07, 6.45) is 0. The van der Waals surface area contributed by atoms with E-state index in [-0.39, 0.29) is 11.4 Å². The number of oxime groups is 1. The van der Waals surface area contributed by atoms with Gasteiger partial charge in [-0.3, -0.25) is 5.43 Å². The van der Waals surface area contributed by atoms with Crippen molar-refractivity contribution < 1.29 is 14.7 Å². The molecule has 1 aromatic heterocycles. The molecule has 2 rings (SSSR count). The van der Waals surface area contributed by atoms with Crippen LogP contribution in [0, 0.1) is 0 Å². The molecule has 0 fully saturated rings. The van der Waals surface area contributed by atoms with E-state index in [1.165, 1.54) is 18.4 Å². The molecule has 0 atom stereocenters. The van der Waals surface area contributed by atoms with E-state index < -0.39 is 5.97 Å². The van der Waals surface area contributed by atoms with E-state index in [2.05, 4.69) is 25.5 Å². The smallest absolute Gasteiger partial charge is 0.360 e. The van der Waals surface area contributed by atoms with Crippen molar-refractivity contribution in [1.82, 2.24) is 4.98 Å². The zero-order valence-electron chi connectivity index (χ0n) is 12.0. The van der Waals surface area contributed by atoms with Crippen LogP contribution in [0.3, 0.4) is 0 Å². The molecule has 2 aromatic rings. The Labute approximate surface area is 131 Å². The van der Waals surface area contributed by atoms with Crippen LogP contribution < -0.4 is 5.43 Å². The molecule has 7 nitrogen and oxygen atoms in total. The normalized spacial score (nSPS) is 12.1. The van der Waals surface area contributed by atoms with Crippen LogP contribution in [0.4, 0.5) is 5.13 Å². The van der Waals surface area contributed by atoms with Gasteiger partial charge in [0.05, 0.1) is 5.71 Å². The second kappa shape index (κ2) is 7.32. The molecular formula is C14H14N4O3S. The lowest BCUT2D eigenvalue weighted by molar-refractivity contribution is -0.129. The Hall–Kier alpha value is -2.74. The molecule has 0 aliphatic heterocycles. The molecule has 1 heterocycles. The first-order valence-electron chi connectivity index (χ1n) is 6.28. The maximum absolute atomic E-state index is 11.1. The summed E-state index contributed by atoms with van der Waals surface area (Å²) in [4.78, 5) is 19.7. The molecule has 8 heteroatoms. The van der Waals surface area contributed by atoms with Gasteiger partial charge >= 0.3 is 5.97 Å². The van der Waals surface area contributed by atoms with Gasteiger partial charge in [-0.25, -0.2) is 9.78 Å². The fraction of sp³-hybridized carbons (Fsp3) is 0.143. The van der Waals surface area contributed by atoms with Gasteiger partial charge in [-0.2, -0.15) is 5.10 Å². The van der Waals surface area contributed by atoms with Crippen molar-refractivity contribution in [3.05, 3.63) is 47.0 Å². The number of nitrogens with one attached hydrogen (secondary N) is 1. The zero-order chi connectivity index (χ0) is 15.9. The molecule has 2 N–H and O–H groups in total. The minimum absolute atomic E-state index is 0.217. The maximum Gasteiger partial charge on any atom is 0.360 e. The topological polar surface area (TPSA) is 96.2 Å². The van der Waals surface area contributed by atoms with Crippen molar-refractivity contribution in [2.75, 3.05) is 12.5 Å². The van der Waals surface area contributed by atoms with Gasteiger partial charge in [-0.15, -0.1) is 11.3 Å². The Morgan fingerprint density at radius 1 is 1.36 bits per heavy atom. The SMILES string of the molecule is CO/N=C(/C(=O)O)c1csc(N/N=C(\C)c2ccccc2)n1. The Kier molecular flexibility index (Phi) is 5.21. The van der Waals surface area contributed by atoms with Crippen molar-refractivity contribution in [3.63, 3.8) is 0 Å². The van der Waals surface area contributed by atoms with Crippen LogP contribution >= 0.6 is 11.3 Å². The molecule has 1 aromatic carbocycles. The van der Waals surface area contributed by atoms with E-state index in [9.17, 15) is 4.79 Å². The minimum atomic E-state index is -1.21. The van der Waals surface area contributed by atoms with Crippen molar-refractivity contribution in [1.29, 1.82) is 0 Å². The number of aliphatic carboxylic acids is 1. The minimum Gasteiger partial charge on any atom is -0.476 e. The van der Waals surface area contributed by atoms with Gasteiger partial charge in [0.1, 0.15) is 12.8 Å². The number of carboxylic acid groups (broad SMARTS) is 1. The second-order valence-corrected chi connectivity index (χ2v) is 5.00. The highest BCUT2D eigenvalue weighted by molar-refractivity contribution is 7.14. The van der Waals surface area contributed by atoms with Crippen molar-refractivity contribution in [2.24, 2.45) is 10.3 Å². The van der Waals surface area contributed by atoms with Crippen LogP contribution in [0.2, 0.25) is 0 Å². The summed E-state index contributed by atoms with van der Waals surface area (Å²) in [7, 11) is 1.28. The van der Waals surface area contributed by atoms with Crippen LogP contribution in [0.1, 0.15) is 18.2 Å². The predicted molar refractivity (Wildman–Crippen MR) is 85.6 cm³/mol. The number of thiazole rings is 1. The molecule has 0 aliphatic rings. The second-order valence-electron chi connectivity index (χ2n) is 4.14. The van der Waals surface area contributed by atoms with Crippen molar-refractivity contribution in [3.8, 4) is 0 Å². The quantitative estimate of drug-likeness (QED) is 0.630. The van der Waals surface area contributed by atoms with Crippen LogP contribution in [0.25, 0.3) is 0 Å². The first kappa shape index (κ1) is 15.6. The number of hydrogen-bond donors (Lipinski definition) is 2. The van der Waals surface area contributed by atoms with Gasteiger partial charge in [0.25, 0.3) is 0 Å². The van der Waals surface area contributed by atoms with E-state index in [0.29, 0.717) is 5.13 Å². The predicted octanol–water partition coefficient (Wildman–Crippen LogP) is 2.41. The number of carboxylic acids is 1. The summed E-state index contributed by atoms with van der Waals surface area (Å²) in [5.41, 5.74) is 4.55. The Bertz CT molecular complexity index is 710. The van der Waals surface area contributed by atoms with Crippen LogP contribution in [0.15, 0.2) is 46.0 Å². The van der Waals surface area contributed by atoms with Crippen LogP contribution in [0.5, 0.6) is 0 Å². The lowest BCUT2D eigenvalue weighted by atomic mass is 10.1. The molecular weight excluding hydrogens is 304 g/mol. The number of rotatable bonds is 6. The fourth-order valence-electron chi connectivity index (χ4n) is 1.60. The van der Waals surface area contributed by atoms with Gasteiger partial charge in [0.2, 0.25) is 10.8 Å². The standard InChI is InChI=1S/C14H14N4O3S/c1-9(10-6-4-3-5-7-10)16-17-14-15-11(8-22-14)12(13(19)20)18-21-2/h3-8H,1-2H3,(H,15,17)(H,19,20)/b16-9+,18-12+. The van der Waals surface area contributed by atoms with Gasteiger partial charge in [0.15, 0.2) is 0 Å². The molecule has 114 valence electrons. The van der Waals surface area contributed by atoms with Crippen molar-refractivity contribution >= 4 is 33.9 Å². The number of anilines is 1.